The Balaban J connectivity index is 1.59. The van der Waals surface area contributed by atoms with E-state index in [0.717, 1.165) is 34.1 Å². The van der Waals surface area contributed by atoms with Crippen LogP contribution in [0.3, 0.4) is 0 Å². The topological polar surface area (TPSA) is 60.8 Å². The summed E-state index contributed by atoms with van der Waals surface area (Å²) in [6, 6.07) is 13.0. The molecule has 24 heavy (non-hydrogen) atoms. The van der Waals surface area contributed by atoms with Crippen LogP contribution in [0, 0.1) is 0 Å². The third-order valence-corrected chi connectivity index (χ3v) is 4.75. The largest absolute Gasteiger partial charge is 0.497 e. The van der Waals surface area contributed by atoms with Crippen molar-refractivity contribution in [3.05, 3.63) is 58.4 Å². The fourth-order valence-corrected chi connectivity index (χ4v) is 3.37. The Labute approximate surface area is 143 Å². The van der Waals surface area contributed by atoms with Crippen LogP contribution in [0.1, 0.15) is 16.7 Å². The lowest BCUT2D eigenvalue weighted by atomic mass is 10.1. The average Bonchev–Trinajstić information content (AvgIpc) is 3.29. The highest BCUT2D eigenvalue weighted by Gasteiger charge is 2.18. The van der Waals surface area contributed by atoms with Gasteiger partial charge in [-0.1, -0.05) is 12.1 Å². The van der Waals surface area contributed by atoms with Gasteiger partial charge in [0.25, 0.3) is 0 Å². The zero-order valence-electron chi connectivity index (χ0n) is 12.9. The molecule has 0 saturated heterocycles. The molecule has 3 aromatic rings. The van der Waals surface area contributed by atoms with Gasteiger partial charge in [-0.05, 0) is 35.9 Å². The van der Waals surface area contributed by atoms with Gasteiger partial charge in [-0.25, -0.2) is 4.98 Å². The van der Waals surface area contributed by atoms with Crippen LogP contribution in [0.15, 0.2) is 47.8 Å². The number of nitrogens with zero attached hydrogens (tertiary/aromatic N) is 1. The molecule has 0 fully saturated rings. The van der Waals surface area contributed by atoms with Crippen molar-refractivity contribution in [2.45, 2.75) is 6.10 Å². The van der Waals surface area contributed by atoms with E-state index in [2.05, 4.69) is 4.98 Å². The Morgan fingerprint density at radius 2 is 1.92 bits per heavy atom. The lowest BCUT2D eigenvalue weighted by Gasteiger charge is -2.08. The highest BCUT2D eigenvalue weighted by Crippen LogP contribution is 2.37. The molecule has 6 heteroatoms. The molecule has 2 heterocycles. The van der Waals surface area contributed by atoms with Crippen molar-refractivity contribution >= 4 is 11.3 Å². The van der Waals surface area contributed by atoms with Crippen LogP contribution in [-0.4, -0.2) is 24.0 Å². The first-order valence-electron chi connectivity index (χ1n) is 7.42. The summed E-state index contributed by atoms with van der Waals surface area (Å²) in [5.74, 6) is 2.22. The number of benzene rings is 2. The molecule has 1 unspecified atom stereocenters. The number of thiazole rings is 1. The summed E-state index contributed by atoms with van der Waals surface area (Å²) < 4.78 is 15.9. The van der Waals surface area contributed by atoms with E-state index < -0.39 is 6.10 Å². The van der Waals surface area contributed by atoms with Gasteiger partial charge in [-0.3, -0.25) is 0 Å². The minimum atomic E-state index is -0.760. The first-order valence-corrected chi connectivity index (χ1v) is 8.30. The Bertz CT molecular complexity index is 860. The number of fused-ring (bicyclic) bond motifs is 1. The van der Waals surface area contributed by atoms with E-state index in [1.54, 1.807) is 7.11 Å². The van der Waals surface area contributed by atoms with Crippen molar-refractivity contribution in [2.75, 3.05) is 13.9 Å². The van der Waals surface area contributed by atoms with Crippen molar-refractivity contribution in [2.24, 2.45) is 0 Å². The maximum absolute atomic E-state index is 10.5. The normalized spacial score (nSPS) is 13.8. The van der Waals surface area contributed by atoms with Gasteiger partial charge in [0.1, 0.15) is 16.9 Å². The van der Waals surface area contributed by atoms with Crippen LogP contribution in [0.2, 0.25) is 0 Å². The zero-order chi connectivity index (χ0) is 16.5. The monoisotopic (exact) mass is 341 g/mol. The van der Waals surface area contributed by atoms with Crippen LogP contribution in [0.25, 0.3) is 11.3 Å². The van der Waals surface area contributed by atoms with Gasteiger partial charge in [-0.15, -0.1) is 11.3 Å². The molecule has 1 aliphatic rings. The summed E-state index contributed by atoms with van der Waals surface area (Å²) in [6.07, 6.45) is -0.760. The first kappa shape index (κ1) is 15.0. The van der Waals surface area contributed by atoms with Crippen LogP contribution in [0.4, 0.5) is 0 Å². The molecule has 1 N–H and O–H groups in total. The second-order valence-corrected chi connectivity index (χ2v) is 6.20. The molecule has 122 valence electrons. The second kappa shape index (κ2) is 6.14. The van der Waals surface area contributed by atoms with E-state index in [0.29, 0.717) is 5.01 Å². The molecule has 1 aliphatic heterocycles. The highest BCUT2D eigenvalue weighted by molar-refractivity contribution is 7.10. The number of rotatable bonds is 4. The molecule has 4 rings (SSSR count). The van der Waals surface area contributed by atoms with Gasteiger partial charge in [0.05, 0.1) is 12.8 Å². The number of aromatic nitrogens is 1. The summed E-state index contributed by atoms with van der Waals surface area (Å²) in [5, 5.41) is 13.1. The van der Waals surface area contributed by atoms with Crippen molar-refractivity contribution in [1.82, 2.24) is 4.98 Å². The molecule has 2 aromatic carbocycles. The predicted molar refractivity (Wildman–Crippen MR) is 90.7 cm³/mol. The van der Waals surface area contributed by atoms with Gasteiger partial charge < -0.3 is 19.3 Å². The smallest absolute Gasteiger partial charge is 0.231 e. The van der Waals surface area contributed by atoms with E-state index in [9.17, 15) is 5.11 Å². The minimum absolute atomic E-state index is 0.247. The average molecular weight is 341 g/mol. The van der Waals surface area contributed by atoms with Crippen LogP contribution >= 0.6 is 11.3 Å². The van der Waals surface area contributed by atoms with Crippen molar-refractivity contribution < 1.29 is 19.3 Å². The number of aliphatic hydroxyl groups is 1. The molecule has 1 atom stereocenters. The molecule has 1 aromatic heterocycles. The fourth-order valence-electron chi connectivity index (χ4n) is 2.53. The molecule has 0 radical (unpaired) electrons. The third kappa shape index (κ3) is 2.70. The Kier molecular flexibility index (Phi) is 3.84. The predicted octanol–water partition coefficient (Wildman–Crippen LogP) is 3.63. The van der Waals surface area contributed by atoms with E-state index in [4.69, 9.17) is 14.2 Å². The van der Waals surface area contributed by atoms with Crippen molar-refractivity contribution in [3.63, 3.8) is 0 Å². The third-order valence-electron chi connectivity index (χ3n) is 3.86. The SMILES string of the molecule is COc1ccc(C(O)c2nc(-c3ccc4c(c3)OCO4)cs2)cc1. The standard InChI is InChI=1S/C18H15NO4S/c1-21-13-5-2-11(3-6-13)17(20)18-19-14(9-24-18)12-4-7-15-16(8-12)23-10-22-15/h2-9,17,20H,10H2,1H3. The molecular formula is C18H15NO4S. The van der Waals surface area contributed by atoms with Crippen LogP contribution < -0.4 is 14.2 Å². The fraction of sp³-hybridized carbons (Fsp3) is 0.167. The van der Waals surface area contributed by atoms with Gasteiger partial charge >= 0.3 is 0 Å². The molecular weight excluding hydrogens is 326 g/mol. The lowest BCUT2D eigenvalue weighted by Crippen LogP contribution is -1.99. The summed E-state index contributed by atoms with van der Waals surface area (Å²) in [4.78, 5) is 4.57. The van der Waals surface area contributed by atoms with Gasteiger partial charge in [0, 0.05) is 10.9 Å². The zero-order valence-corrected chi connectivity index (χ0v) is 13.7. The van der Waals surface area contributed by atoms with Gasteiger partial charge in [0.15, 0.2) is 11.5 Å². The first-order chi connectivity index (χ1) is 11.7. The second-order valence-electron chi connectivity index (χ2n) is 5.31. The maximum atomic E-state index is 10.5. The Hall–Kier alpha value is -2.57. The number of hydrogen-bond donors (Lipinski definition) is 1. The van der Waals surface area contributed by atoms with Gasteiger partial charge in [-0.2, -0.15) is 0 Å². The van der Waals surface area contributed by atoms with Gasteiger partial charge in [0.2, 0.25) is 6.79 Å². The molecule has 0 aliphatic carbocycles. The number of ether oxygens (including phenoxy) is 3. The molecule has 5 nitrogen and oxygen atoms in total. The number of methoxy groups -OCH3 is 1. The Morgan fingerprint density at radius 1 is 1.12 bits per heavy atom. The van der Waals surface area contributed by atoms with E-state index in [1.807, 2.05) is 47.8 Å². The summed E-state index contributed by atoms with van der Waals surface area (Å²) in [7, 11) is 1.61. The minimum Gasteiger partial charge on any atom is -0.497 e. The number of hydrogen-bond acceptors (Lipinski definition) is 6. The van der Waals surface area contributed by atoms with Crippen LogP contribution in [-0.2, 0) is 0 Å². The summed E-state index contributed by atoms with van der Waals surface area (Å²) in [5.41, 5.74) is 2.52. The van der Waals surface area contributed by atoms with Crippen molar-refractivity contribution in [1.29, 1.82) is 0 Å². The van der Waals surface area contributed by atoms with E-state index >= 15 is 0 Å². The quantitative estimate of drug-likeness (QED) is 0.785. The van der Waals surface area contributed by atoms with Crippen LogP contribution in [0.5, 0.6) is 17.2 Å². The summed E-state index contributed by atoms with van der Waals surface area (Å²) in [6.45, 7) is 0.247. The van der Waals surface area contributed by atoms with E-state index in [-0.39, 0.29) is 6.79 Å². The lowest BCUT2D eigenvalue weighted by molar-refractivity contribution is 0.174. The maximum Gasteiger partial charge on any atom is 0.231 e. The number of aliphatic hydroxyl groups excluding tert-OH is 1. The Morgan fingerprint density at radius 3 is 2.71 bits per heavy atom. The van der Waals surface area contributed by atoms with Crippen molar-refractivity contribution in [3.8, 4) is 28.5 Å². The highest BCUT2D eigenvalue weighted by atomic mass is 32.1. The summed E-state index contributed by atoms with van der Waals surface area (Å²) >= 11 is 1.43. The van der Waals surface area contributed by atoms with E-state index in [1.165, 1.54) is 11.3 Å². The molecule has 0 bridgehead atoms. The molecule has 0 spiro atoms. The molecule has 0 amide bonds. The molecule has 0 saturated carbocycles.